The Hall–Kier alpha value is -6.24. The monoisotopic (exact) mass is 797 g/mol. The van der Waals surface area contributed by atoms with Crippen molar-refractivity contribution >= 4 is 59.2 Å². The van der Waals surface area contributed by atoms with Gasteiger partial charge >= 0.3 is 11.9 Å². The summed E-state index contributed by atoms with van der Waals surface area (Å²) in [6.45, 7) is -1.13. The first-order valence-corrected chi connectivity index (χ1v) is 16.7. The maximum absolute atomic E-state index is 13.4. The van der Waals surface area contributed by atoms with Gasteiger partial charge in [0.1, 0.15) is 36.3 Å². The number of carboxylic acids is 2. The Morgan fingerprint density at radius 2 is 1.05 bits per heavy atom. The predicted molar refractivity (Wildman–Crippen MR) is 188 cm³/mol. The smallest absolute Gasteiger partial charge is 0.326 e. The van der Waals surface area contributed by atoms with Crippen LogP contribution >= 0.6 is 0 Å². The number of carbonyl (C=O) groups is 10. The highest BCUT2D eigenvalue weighted by Gasteiger charge is 2.35. The number of aliphatic carboxylic acids is 2. The summed E-state index contributed by atoms with van der Waals surface area (Å²) in [5, 5.41) is 61.1. The Labute approximate surface area is 318 Å². The van der Waals surface area contributed by atoms with Crippen molar-refractivity contribution in [1.82, 2.24) is 31.9 Å². The van der Waals surface area contributed by atoms with Crippen molar-refractivity contribution in [3.8, 4) is 0 Å². The molecule has 0 aromatic heterocycles. The molecule has 0 heterocycles. The predicted octanol–water partition coefficient (Wildman–Crippen LogP) is -7.47. The Morgan fingerprint density at radius 1 is 0.607 bits per heavy atom. The molecule has 0 saturated carbocycles. The first-order chi connectivity index (χ1) is 26.2. The summed E-state index contributed by atoms with van der Waals surface area (Å²) in [6, 6.07) is -4.20. The molecule has 0 spiro atoms. The van der Waals surface area contributed by atoms with Gasteiger partial charge in [-0.2, -0.15) is 0 Å². The Kier molecular flexibility index (Phi) is 20.1. The van der Waals surface area contributed by atoms with E-state index >= 15 is 0 Å². The van der Waals surface area contributed by atoms with Gasteiger partial charge in [-0.25, -0.2) is 4.79 Å². The number of hydrogen-bond acceptors (Lipinski definition) is 14. The molecule has 0 aliphatic carbocycles. The fourth-order valence-corrected chi connectivity index (χ4v) is 4.71. The van der Waals surface area contributed by atoms with E-state index in [2.05, 4.69) is 21.3 Å². The zero-order chi connectivity index (χ0) is 42.7. The molecule has 0 aliphatic rings. The molecular formula is C32H47N9O15. The normalized spacial score (nSPS) is 15.1. The molecule has 8 atom stereocenters. The zero-order valence-electron chi connectivity index (χ0n) is 30.0. The molecule has 56 heavy (non-hydrogen) atoms. The first-order valence-electron chi connectivity index (χ1n) is 16.7. The van der Waals surface area contributed by atoms with E-state index in [4.69, 9.17) is 17.2 Å². The van der Waals surface area contributed by atoms with Crippen molar-refractivity contribution in [2.24, 2.45) is 17.2 Å². The van der Waals surface area contributed by atoms with E-state index in [0.29, 0.717) is 5.56 Å². The number of amides is 8. The molecule has 0 bridgehead atoms. The standard InChI is InChI=1S/C32H47N9O15/c1-14(44)25(41-30(53)21(13-43)39-26(49)16(33)10-22(34)45)31(54)36-17(7-8-24(47)48)27(50)37-18(11-23(35)46)28(51)40-20(12-42)29(52)38-19(32(55)56)9-15-5-3-2-4-6-15/h2-6,14,16-21,25,42-44H,7-13,33H2,1H3,(H2,34,45)(H2,35,46)(H,36,54)(H,37,50)(H,38,52)(H,39,49)(H,40,51)(H,41,53)(H,47,48)(H,55,56). The number of nitrogens with one attached hydrogen (secondary N) is 6. The minimum Gasteiger partial charge on any atom is -0.481 e. The molecule has 24 nitrogen and oxygen atoms in total. The van der Waals surface area contributed by atoms with Crippen LogP contribution in [0.5, 0.6) is 0 Å². The van der Waals surface area contributed by atoms with Crippen LogP contribution in [0.3, 0.4) is 0 Å². The molecule has 1 aromatic carbocycles. The quantitative estimate of drug-likeness (QED) is 0.0437. The van der Waals surface area contributed by atoms with Crippen molar-refractivity contribution in [3.63, 3.8) is 0 Å². The van der Waals surface area contributed by atoms with Gasteiger partial charge in [0, 0.05) is 12.8 Å². The average Bonchev–Trinajstić information content (AvgIpc) is 3.11. The Balaban J connectivity index is 3.19. The zero-order valence-corrected chi connectivity index (χ0v) is 30.0. The van der Waals surface area contributed by atoms with Gasteiger partial charge < -0.3 is 74.6 Å². The second-order valence-electron chi connectivity index (χ2n) is 12.3. The van der Waals surface area contributed by atoms with Crippen LogP contribution in [0.2, 0.25) is 0 Å². The molecule has 0 aliphatic heterocycles. The highest BCUT2D eigenvalue weighted by molar-refractivity contribution is 5.98. The van der Waals surface area contributed by atoms with Gasteiger partial charge in [-0.1, -0.05) is 30.3 Å². The van der Waals surface area contributed by atoms with Crippen LogP contribution in [-0.2, 0) is 54.4 Å². The molecule has 24 heteroatoms. The van der Waals surface area contributed by atoms with E-state index in [9.17, 15) is 73.5 Å². The SMILES string of the molecule is CC(O)C(NC(=O)C(CO)NC(=O)C(N)CC(N)=O)C(=O)NC(CCC(=O)O)C(=O)NC(CC(N)=O)C(=O)NC(CO)C(=O)NC(Cc1ccccc1)C(=O)O. The van der Waals surface area contributed by atoms with Crippen LogP contribution in [0, 0.1) is 0 Å². The molecule has 1 rings (SSSR count). The van der Waals surface area contributed by atoms with E-state index in [1.807, 2.05) is 10.6 Å². The highest BCUT2D eigenvalue weighted by atomic mass is 16.4. The van der Waals surface area contributed by atoms with Crippen LogP contribution in [0.25, 0.3) is 0 Å². The summed E-state index contributed by atoms with van der Waals surface area (Å²) >= 11 is 0. The second kappa shape index (κ2) is 23.5. The molecule has 0 fully saturated rings. The number of benzene rings is 1. The van der Waals surface area contributed by atoms with Crippen molar-refractivity contribution < 1.29 is 73.5 Å². The minimum absolute atomic E-state index is 0.177. The second-order valence-corrected chi connectivity index (χ2v) is 12.3. The van der Waals surface area contributed by atoms with Crippen molar-refractivity contribution in [3.05, 3.63) is 35.9 Å². The van der Waals surface area contributed by atoms with E-state index in [0.717, 1.165) is 6.92 Å². The number of primary amides is 2. The molecule has 310 valence electrons. The number of carbonyl (C=O) groups excluding carboxylic acids is 8. The minimum atomic E-state index is -1.93. The summed E-state index contributed by atoms with van der Waals surface area (Å²) in [5.74, 6) is -12.5. The van der Waals surface area contributed by atoms with Crippen LogP contribution in [-0.4, -0.2) is 146 Å². The number of carboxylic acid groups (broad SMARTS) is 2. The molecular weight excluding hydrogens is 750 g/mol. The summed E-state index contributed by atoms with van der Waals surface area (Å²) in [4.78, 5) is 124. The number of nitrogens with two attached hydrogens (primary N) is 3. The average molecular weight is 798 g/mol. The first kappa shape index (κ1) is 47.8. The molecule has 8 unspecified atom stereocenters. The van der Waals surface area contributed by atoms with Gasteiger partial charge in [-0.3, -0.25) is 43.2 Å². The Morgan fingerprint density at radius 3 is 1.54 bits per heavy atom. The van der Waals surface area contributed by atoms with Gasteiger partial charge in [0.25, 0.3) is 0 Å². The maximum atomic E-state index is 13.4. The molecule has 0 radical (unpaired) electrons. The largest absolute Gasteiger partial charge is 0.481 e. The van der Waals surface area contributed by atoms with Crippen molar-refractivity contribution in [2.75, 3.05) is 13.2 Å². The van der Waals surface area contributed by atoms with Crippen LogP contribution in [0.4, 0.5) is 0 Å². The Bertz CT molecular complexity index is 1590. The fourth-order valence-electron chi connectivity index (χ4n) is 4.71. The van der Waals surface area contributed by atoms with Gasteiger partial charge in [-0.15, -0.1) is 0 Å². The van der Waals surface area contributed by atoms with Gasteiger partial charge in [0.15, 0.2) is 0 Å². The van der Waals surface area contributed by atoms with Gasteiger partial charge in [-0.05, 0) is 18.9 Å². The highest BCUT2D eigenvalue weighted by Crippen LogP contribution is 2.06. The lowest BCUT2D eigenvalue weighted by Crippen LogP contribution is -2.62. The van der Waals surface area contributed by atoms with E-state index in [1.54, 1.807) is 30.3 Å². The lowest BCUT2D eigenvalue weighted by molar-refractivity contribution is -0.142. The van der Waals surface area contributed by atoms with E-state index < -0.39 is 146 Å². The third-order valence-corrected chi connectivity index (χ3v) is 7.67. The van der Waals surface area contributed by atoms with E-state index in [1.165, 1.54) is 0 Å². The number of rotatable bonds is 25. The summed E-state index contributed by atoms with van der Waals surface area (Å²) in [7, 11) is 0. The summed E-state index contributed by atoms with van der Waals surface area (Å²) in [5.41, 5.74) is 16.3. The topological polar surface area (TPSA) is 422 Å². The lowest BCUT2D eigenvalue weighted by atomic mass is 10.1. The molecule has 1 aromatic rings. The van der Waals surface area contributed by atoms with Gasteiger partial charge in [0.05, 0.1) is 38.2 Å². The molecule has 17 N–H and O–H groups in total. The fraction of sp³-hybridized carbons (Fsp3) is 0.500. The third-order valence-electron chi connectivity index (χ3n) is 7.67. The molecule has 8 amide bonds. The van der Waals surface area contributed by atoms with Crippen LogP contribution in [0.15, 0.2) is 30.3 Å². The van der Waals surface area contributed by atoms with Crippen molar-refractivity contribution in [1.29, 1.82) is 0 Å². The number of hydrogen-bond donors (Lipinski definition) is 14. The number of aliphatic hydroxyl groups excluding tert-OH is 3. The third kappa shape index (κ3) is 16.8. The molecule has 0 saturated heterocycles. The van der Waals surface area contributed by atoms with Crippen LogP contribution in [0.1, 0.15) is 38.2 Å². The summed E-state index contributed by atoms with van der Waals surface area (Å²) < 4.78 is 0. The van der Waals surface area contributed by atoms with E-state index in [-0.39, 0.29) is 6.42 Å². The maximum Gasteiger partial charge on any atom is 0.326 e. The van der Waals surface area contributed by atoms with Gasteiger partial charge in [0.2, 0.25) is 47.3 Å². The van der Waals surface area contributed by atoms with Crippen molar-refractivity contribution in [2.45, 2.75) is 87.4 Å². The van der Waals surface area contributed by atoms with Crippen LogP contribution < -0.4 is 49.1 Å². The lowest BCUT2D eigenvalue weighted by Gasteiger charge is -2.27. The number of aliphatic hydroxyl groups is 3. The summed E-state index contributed by atoms with van der Waals surface area (Å²) in [6.07, 6.45) is -4.92.